The lowest BCUT2D eigenvalue weighted by molar-refractivity contribution is -0.114. The zero-order valence-electron chi connectivity index (χ0n) is 17.6. The molecule has 2 aliphatic heterocycles. The molecule has 2 aromatic carbocycles. The summed E-state index contributed by atoms with van der Waals surface area (Å²) in [5, 5.41) is 15.9. The number of hydrazone groups is 1. The Morgan fingerprint density at radius 2 is 1.79 bits per heavy atom. The lowest BCUT2D eigenvalue weighted by atomic mass is 10.1. The second-order valence-electron chi connectivity index (χ2n) is 7.57. The fraction of sp³-hybridized carbons (Fsp3) is 0.0833. The van der Waals surface area contributed by atoms with Crippen molar-refractivity contribution in [1.82, 2.24) is 9.58 Å². The van der Waals surface area contributed by atoms with E-state index in [2.05, 4.69) is 14.7 Å². The molecule has 6 nitrogen and oxygen atoms in total. The van der Waals surface area contributed by atoms with Crippen molar-refractivity contribution in [1.29, 1.82) is 5.41 Å². The predicted octanol–water partition coefficient (Wildman–Crippen LogP) is 5.55. The first-order valence-corrected chi connectivity index (χ1v) is 11.2. The Hall–Kier alpha value is -3.49. The number of carbonyl (C=O) groups excluding carboxylic acids is 1. The highest BCUT2D eigenvalue weighted by molar-refractivity contribution is 8.27. The number of fused-ring (bicyclic) bond motifs is 1. The number of benzene rings is 2. The number of hydrogen-bond acceptors (Lipinski definition) is 4. The molecule has 0 bridgehead atoms. The largest absolute Gasteiger partial charge is 0.318 e. The highest BCUT2D eigenvalue weighted by atomic mass is 35.5. The molecular formula is C24H17ClFN5OS. The van der Waals surface area contributed by atoms with Gasteiger partial charge in [-0.3, -0.25) is 10.2 Å². The summed E-state index contributed by atoms with van der Waals surface area (Å²) in [5.41, 5.74) is 4.51. The van der Waals surface area contributed by atoms with Crippen molar-refractivity contribution in [3.8, 4) is 5.69 Å². The van der Waals surface area contributed by atoms with Crippen LogP contribution in [0.4, 0.5) is 4.39 Å². The smallest absolute Gasteiger partial charge is 0.283 e. The maximum atomic E-state index is 13.3. The monoisotopic (exact) mass is 477 g/mol. The number of nitrogens with one attached hydrogen (secondary N) is 1. The van der Waals surface area contributed by atoms with Crippen LogP contribution in [0, 0.1) is 25.1 Å². The van der Waals surface area contributed by atoms with Gasteiger partial charge in [0.05, 0.1) is 5.57 Å². The summed E-state index contributed by atoms with van der Waals surface area (Å²) in [5.74, 6) is -0.890. The van der Waals surface area contributed by atoms with Gasteiger partial charge in [-0.2, -0.15) is 15.1 Å². The van der Waals surface area contributed by atoms with E-state index in [4.69, 9.17) is 17.0 Å². The molecule has 3 aromatic rings. The van der Waals surface area contributed by atoms with E-state index in [-0.39, 0.29) is 17.2 Å². The van der Waals surface area contributed by atoms with E-state index in [0.717, 1.165) is 22.6 Å². The molecule has 0 spiro atoms. The van der Waals surface area contributed by atoms with Crippen LogP contribution in [0.3, 0.4) is 0 Å². The normalized spacial score (nSPS) is 16.8. The van der Waals surface area contributed by atoms with Crippen molar-refractivity contribution in [3.63, 3.8) is 0 Å². The summed E-state index contributed by atoms with van der Waals surface area (Å²) in [7, 11) is 0. The SMILES string of the molecule is Cc1cc(/C=C2\C(=N)N3N=C(c4ccc(F)cc4)SC3=NC2=O)c(C)n1-c1ccc(Cl)cc1. The van der Waals surface area contributed by atoms with Gasteiger partial charge in [0.15, 0.2) is 5.84 Å². The molecule has 2 aliphatic rings. The molecule has 0 atom stereocenters. The van der Waals surface area contributed by atoms with Crippen LogP contribution < -0.4 is 0 Å². The van der Waals surface area contributed by atoms with Crippen molar-refractivity contribution in [3.05, 3.63) is 93.5 Å². The standard InChI is InChI=1S/C24H17ClFN5OS/c1-13-11-16(14(2)30(13)19-9-5-17(25)6-10-19)12-20-21(27)31-24(28-22(20)32)33-23(29-31)15-3-7-18(26)8-4-15/h3-12,27H,1-2H3/b20-12+,27-21?. The molecule has 0 fully saturated rings. The second-order valence-corrected chi connectivity index (χ2v) is 8.96. The fourth-order valence-electron chi connectivity index (χ4n) is 3.78. The third-order valence-corrected chi connectivity index (χ3v) is 6.61. The molecule has 1 N–H and O–H groups in total. The van der Waals surface area contributed by atoms with Crippen molar-refractivity contribution in [2.75, 3.05) is 0 Å². The average Bonchev–Trinajstić information content (AvgIpc) is 3.33. The summed E-state index contributed by atoms with van der Waals surface area (Å²) in [6, 6.07) is 15.4. The zero-order chi connectivity index (χ0) is 23.3. The lowest BCUT2D eigenvalue weighted by Crippen LogP contribution is -2.35. The number of amidine groups is 2. The van der Waals surface area contributed by atoms with E-state index in [1.807, 2.05) is 44.2 Å². The maximum Gasteiger partial charge on any atom is 0.283 e. The third-order valence-electron chi connectivity index (χ3n) is 5.40. The van der Waals surface area contributed by atoms with Crippen LogP contribution >= 0.6 is 23.4 Å². The highest BCUT2D eigenvalue weighted by Gasteiger charge is 2.36. The number of aliphatic imine (C=N–C) groups is 1. The van der Waals surface area contributed by atoms with Crippen LogP contribution in [0.5, 0.6) is 0 Å². The Morgan fingerprint density at radius 3 is 2.48 bits per heavy atom. The van der Waals surface area contributed by atoms with Crippen LogP contribution in [-0.4, -0.2) is 31.5 Å². The number of aryl methyl sites for hydroxylation is 1. The molecule has 0 radical (unpaired) electrons. The first-order valence-electron chi connectivity index (χ1n) is 10.0. The van der Waals surface area contributed by atoms with Crippen LogP contribution in [0.25, 0.3) is 11.8 Å². The van der Waals surface area contributed by atoms with Gasteiger partial charge < -0.3 is 4.57 Å². The number of aromatic nitrogens is 1. The molecule has 0 saturated carbocycles. The Kier molecular flexibility index (Phi) is 5.26. The first kappa shape index (κ1) is 21.4. The number of hydrogen-bond donors (Lipinski definition) is 1. The van der Waals surface area contributed by atoms with Gasteiger partial charge >= 0.3 is 0 Å². The Morgan fingerprint density at radius 1 is 1.09 bits per heavy atom. The predicted molar refractivity (Wildman–Crippen MR) is 131 cm³/mol. The third kappa shape index (κ3) is 3.81. The van der Waals surface area contributed by atoms with Crippen LogP contribution in [0.1, 0.15) is 22.5 Å². The number of nitrogens with zero attached hydrogens (tertiary/aromatic N) is 4. The van der Waals surface area contributed by atoms with Gasteiger partial charge in [-0.1, -0.05) is 11.6 Å². The molecule has 164 valence electrons. The zero-order valence-corrected chi connectivity index (χ0v) is 19.2. The summed E-state index contributed by atoms with van der Waals surface area (Å²) < 4.78 is 15.3. The van der Waals surface area contributed by atoms with Gasteiger partial charge in [0.25, 0.3) is 5.91 Å². The van der Waals surface area contributed by atoms with Crippen LogP contribution in [0.15, 0.2) is 70.3 Å². The minimum absolute atomic E-state index is 0.0501. The van der Waals surface area contributed by atoms with Gasteiger partial charge in [-0.25, -0.2) is 4.39 Å². The lowest BCUT2D eigenvalue weighted by Gasteiger charge is -2.20. The van der Waals surface area contributed by atoms with E-state index in [1.165, 1.54) is 28.9 Å². The summed E-state index contributed by atoms with van der Waals surface area (Å²) >= 11 is 7.20. The van der Waals surface area contributed by atoms with Gasteiger partial charge in [0.1, 0.15) is 10.9 Å². The molecule has 3 heterocycles. The molecule has 9 heteroatoms. The van der Waals surface area contributed by atoms with Gasteiger partial charge in [0, 0.05) is 27.7 Å². The average molecular weight is 478 g/mol. The minimum Gasteiger partial charge on any atom is -0.318 e. The van der Waals surface area contributed by atoms with Gasteiger partial charge in [-0.15, -0.1) is 0 Å². The maximum absolute atomic E-state index is 13.3. The van der Waals surface area contributed by atoms with Gasteiger partial charge in [0.2, 0.25) is 5.17 Å². The number of halogens is 2. The van der Waals surface area contributed by atoms with E-state index in [0.29, 0.717) is 20.8 Å². The quantitative estimate of drug-likeness (QED) is 0.502. The molecule has 33 heavy (non-hydrogen) atoms. The topological polar surface area (TPSA) is 73.8 Å². The number of rotatable bonds is 3. The fourth-order valence-corrected chi connectivity index (χ4v) is 4.80. The Bertz CT molecular complexity index is 1400. The van der Waals surface area contributed by atoms with E-state index in [9.17, 15) is 9.18 Å². The molecule has 1 aromatic heterocycles. The molecule has 0 aliphatic carbocycles. The summed E-state index contributed by atoms with van der Waals surface area (Å²) in [6.07, 6.45) is 1.68. The number of carbonyl (C=O) groups is 1. The highest BCUT2D eigenvalue weighted by Crippen LogP contribution is 2.32. The van der Waals surface area contributed by atoms with Crippen LogP contribution in [0.2, 0.25) is 5.02 Å². The van der Waals surface area contributed by atoms with E-state index >= 15 is 0 Å². The van der Waals surface area contributed by atoms with Crippen molar-refractivity contribution in [2.45, 2.75) is 13.8 Å². The van der Waals surface area contributed by atoms with Crippen LogP contribution in [-0.2, 0) is 4.79 Å². The summed E-state index contributed by atoms with van der Waals surface area (Å²) in [6.45, 7) is 3.93. The van der Waals surface area contributed by atoms with Crippen molar-refractivity contribution >= 4 is 51.4 Å². The molecular weight excluding hydrogens is 461 g/mol. The molecule has 0 saturated heterocycles. The summed E-state index contributed by atoms with van der Waals surface area (Å²) in [4.78, 5) is 16.9. The molecule has 1 amide bonds. The first-order chi connectivity index (χ1) is 15.8. The molecule has 5 rings (SSSR count). The molecule has 0 unspecified atom stereocenters. The van der Waals surface area contributed by atoms with E-state index < -0.39 is 5.91 Å². The number of amides is 1. The van der Waals surface area contributed by atoms with Gasteiger partial charge in [-0.05, 0) is 91.8 Å². The second kappa shape index (κ2) is 8.13. The number of thioether (sulfide) groups is 1. The Balaban J connectivity index is 1.50. The van der Waals surface area contributed by atoms with Crippen molar-refractivity contribution in [2.24, 2.45) is 10.1 Å². The minimum atomic E-state index is -0.495. The van der Waals surface area contributed by atoms with Crippen molar-refractivity contribution < 1.29 is 9.18 Å². The van der Waals surface area contributed by atoms with E-state index in [1.54, 1.807) is 18.2 Å². The Labute approximate surface area is 198 Å².